The fourth-order valence-electron chi connectivity index (χ4n) is 2.84. The van der Waals surface area contributed by atoms with Crippen molar-refractivity contribution in [1.82, 2.24) is 5.32 Å². The van der Waals surface area contributed by atoms with Crippen LogP contribution in [0.25, 0.3) is 0 Å². The van der Waals surface area contributed by atoms with Gasteiger partial charge in [0.25, 0.3) is 5.91 Å². The molecular formula is C17H26N2O2. The van der Waals surface area contributed by atoms with Gasteiger partial charge >= 0.3 is 0 Å². The second kappa shape index (κ2) is 8.03. The van der Waals surface area contributed by atoms with Crippen LogP contribution in [0.15, 0.2) is 24.3 Å². The van der Waals surface area contributed by atoms with Crippen LogP contribution < -0.4 is 10.6 Å². The number of nitrogens with one attached hydrogen (secondary N) is 2. The van der Waals surface area contributed by atoms with Crippen LogP contribution >= 0.6 is 0 Å². The number of amides is 1. The third-order valence-corrected chi connectivity index (χ3v) is 4.25. The topological polar surface area (TPSA) is 61.4 Å². The maximum atomic E-state index is 11.8. The minimum atomic E-state index is -0.140. The maximum Gasteiger partial charge on any atom is 0.251 e. The first-order valence-corrected chi connectivity index (χ1v) is 7.92. The molecule has 0 spiro atoms. The van der Waals surface area contributed by atoms with Crippen molar-refractivity contribution >= 4 is 11.6 Å². The third-order valence-electron chi connectivity index (χ3n) is 4.25. The minimum absolute atomic E-state index is 0.0379. The number of benzene rings is 1. The van der Waals surface area contributed by atoms with E-state index < -0.39 is 0 Å². The molecule has 0 saturated heterocycles. The zero-order valence-electron chi connectivity index (χ0n) is 12.8. The van der Waals surface area contributed by atoms with Gasteiger partial charge in [-0.1, -0.05) is 25.8 Å². The number of carbonyl (C=O) groups excluding carboxylic acids is 1. The van der Waals surface area contributed by atoms with E-state index in [1.54, 1.807) is 6.07 Å². The van der Waals surface area contributed by atoms with Crippen LogP contribution in [0, 0.1) is 11.8 Å². The Morgan fingerprint density at radius 2 is 2.05 bits per heavy atom. The molecule has 116 valence electrons. The molecule has 0 bridgehead atoms. The Labute approximate surface area is 126 Å². The molecule has 0 radical (unpaired) electrons. The van der Waals surface area contributed by atoms with E-state index in [2.05, 4.69) is 17.6 Å². The standard InChI is InChI=1S/C17H26N2O2/c1-13-5-7-14(8-6-13)12-19-16-4-2-3-15(11-16)17(21)18-9-10-20/h2-4,11,13-14,19-20H,5-10,12H2,1H3,(H,18,21). The molecular weight excluding hydrogens is 264 g/mol. The molecule has 0 heterocycles. The first-order chi connectivity index (χ1) is 10.2. The van der Waals surface area contributed by atoms with Gasteiger partial charge in [-0.25, -0.2) is 0 Å². The van der Waals surface area contributed by atoms with E-state index in [1.807, 2.05) is 18.2 Å². The van der Waals surface area contributed by atoms with Gasteiger partial charge in [0.2, 0.25) is 0 Å². The highest BCUT2D eigenvalue weighted by Crippen LogP contribution is 2.28. The van der Waals surface area contributed by atoms with Gasteiger partial charge in [-0.2, -0.15) is 0 Å². The zero-order chi connectivity index (χ0) is 15.1. The highest BCUT2D eigenvalue weighted by molar-refractivity contribution is 5.95. The van der Waals surface area contributed by atoms with Gasteiger partial charge < -0.3 is 15.7 Å². The summed E-state index contributed by atoms with van der Waals surface area (Å²) in [6, 6.07) is 7.55. The van der Waals surface area contributed by atoms with Crippen LogP contribution in [0.1, 0.15) is 43.0 Å². The Balaban J connectivity index is 1.84. The molecule has 1 aliphatic carbocycles. The molecule has 4 heteroatoms. The lowest BCUT2D eigenvalue weighted by Crippen LogP contribution is -2.26. The quantitative estimate of drug-likeness (QED) is 0.755. The summed E-state index contributed by atoms with van der Waals surface area (Å²) in [5.41, 5.74) is 1.62. The van der Waals surface area contributed by atoms with E-state index in [4.69, 9.17) is 5.11 Å². The molecule has 2 rings (SSSR count). The summed E-state index contributed by atoms with van der Waals surface area (Å²) < 4.78 is 0. The lowest BCUT2D eigenvalue weighted by atomic mass is 9.83. The Hall–Kier alpha value is -1.55. The van der Waals surface area contributed by atoms with Gasteiger partial charge in [-0.15, -0.1) is 0 Å². The number of aliphatic hydroxyl groups excluding tert-OH is 1. The fourth-order valence-corrected chi connectivity index (χ4v) is 2.84. The van der Waals surface area contributed by atoms with Crippen molar-refractivity contribution < 1.29 is 9.90 Å². The molecule has 0 aromatic heterocycles. The van der Waals surface area contributed by atoms with Gasteiger partial charge in [-0.3, -0.25) is 4.79 Å². The molecule has 0 unspecified atom stereocenters. The third kappa shape index (κ3) is 5.05. The highest BCUT2D eigenvalue weighted by Gasteiger charge is 2.17. The maximum absolute atomic E-state index is 11.8. The number of carbonyl (C=O) groups is 1. The molecule has 3 N–H and O–H groups in total. The monoisotopic (exact) mass is 290 g/mol. The summed E-state index contributed by atoms with van der Waals surface area (Å²) in [5, 5.41) is 14.9. The lowest BCUT2D eigenvalue weighted by molar-refractivity contribution is 0.0945. The second-order valence-electron chi connectivity index (χ2n) is 6.07. The molecule has 0 atom stereocenters. The van der Waals surface area contributed by atoms with Gasteiger partial charge in [-0.05, 0) is 42.9 Å². The van der Waals surface area contributed by atoms with Crippen LogP contribution in [0.3, 0.4) is 0 Å². The van der Waals surface area contributed by atoms with Gasteiger partial charge in [0, 0.05) is 24.3 Å². The lowest BCUT2D eigenvalue weighted by Gasteiger charge is -2.26. The van der Waals surface area contributed by atoms with Gasteiger partial charge in [0.1, 0.15) is 0 Å². The molecule has 1 saturated carbocycles. The molecule has 1 amide bonds. The minimum Gasteiger partial charge on any atom is -0.395 e. The molecule has 1 fully saturated rings. The molecule has 0 aliphatic heterocycles. The van der Waals surface area contributed by atoms with E-state index in [0.717, 1.165) is 24.1 Å². The molecule has 1 aliphatic rings. The summed E-state index contributed by atoms with van der Waals surface area (Å²) in [6.07, 6.45) is 5.25. The number of rotatable bonds is 6. The summed E-state index contributed by atoms with van der Waals surface area (Å²) >= 11 is 0. The summed E-state index contributed by atoms with van der Waals surface area (Å²) in [4.78, 5) is 11.8. The molecule has 4 nitrogen and oxygen atoms in total. The van der Waals surface area contributed by atoms with Crippen molar-refractivity contribution in [3.05, 3.63) is 29.8 Å². The number of aliphatic hydroxyl groups is 1. The van der Waals surface area contributed by atoms with E-state index in [-0.39, 0.29) is 19.1 Å². The first-order valence-electron chi connectivity index (χ1n) is 7.92. The Morgan fingerprint density at radius 1 is 1.29 bits per heavy atom. The summed E-state index contributed by atoms with van der Waals surface area (Å²) in [6.45, 7) is 3.56. The summed E-state index contributed by atoms with van der Waals surface area (Å²) in [5.74, 6) is 1.48. The molecule has 1 aromatic rings. The van der Waals surface area contributed by atoms with Crippen molar-refractivity contribution in [3.8, 4) is 0 Å². The SMILES string of the molecule is CC1CCC(CNc2cccc(C(=O)NCCO)c2)CC1. The average molecular weight is 290 g/mol. The van der Waals surface area contributed by atoms with Crippen molar-refractivity contribution in [1.29, 1.82) is 0 Å². The van der Waals surface area contributed by atoms with Crippen molar-refractivity contribution in [3.63, 3.8) is 0 Å². The van der Waals surface area contributed by atoms with Crippen LogP contribution in [0.2, 0.25) is 0 Å². The number of hydrogen-bond acceptors (Lipinski definition) is 3. The fraction of sp³-hybridized carbons (Fsp3) is 0.588. The molecule has 1 aromatic carbocycles. The van der Waals surface area contributed by atoms with Crippen molar-refractivity contribution in [2.24, 2.45) is 11.8 Å². The Kier molecular flexibility index (Phi) is 6.05. The van der Waals surface area contributed by atoms with Gasteiger partial charge in [0.15, 0.2) is 0 Å². The van der Waals surface area contributed by atoms with Crippen molar-refractivity contribution in [2.45, 2.75) is 32.6 Å². The van der Waals surface area contributed by atoms with E-state index >= 15 is 0 Å². The van der Waals surface area contributed by atoms with Gasteiger partial charge in [0.05, 0.1) is 6.61 Å². The van der Waals surface area contributed by atoms with E-state index in [0.29, 0.717) is 5.56 Å². The Bertz CT molecular complexity index is 454. The first kappa shape index (κ1) is 15.8. The van der Waals surface area contributed by atoms with E-state index in [9.17, 15) is 4.79 Å². The van der Waals surface area contributed by atoms with Crippen LogP contribution in [-0.4, -0.2) is 30.7 Å². The van der Waals surface area contributed by atoms with Crippen LogP contribution in [0.5, 0.6) is 0 Å². The van der Waals surface area contributed by atoms with Crippen molar-refractivity contribution in [2.75, 3.05) is 25.0 Å². The second-order valence-corrected chi connectivity index (χ2v) is 6.07. The van der Waals surface area contributed by atoms with E-state index in [1.165, 1.54) is 25.7 Å². The predicted molar refractivity (Wildman–Crippen MR) is 85.5 cm³/mol. The number of hydrogen-bond donors (Lipinski definition) is 3. The smallest absolute Gasteiger partial charge is 0.251 e. The highest BCUT2D eigenvalue weighted by atomic mass is 16.3. The van der Waals surface area contributed by atoms with Crippen LogP contribution in [-0.2, 0) is 0 Å². The summed E-state index contributed by atoms with van der Waals surface area (Å²) in [7, 11) is 0. The predicted octanol–water partition coefficient (Wildman–Crippen LogP) is 2.65. The Morgan fingerprint density at radius 3 is 2.76 bits per heavy atom. The zero-order valence-corrected chi connectivity index (χ0v) is 12.8. The normalized spacial score (nSPS) is 21.8. The largest absolute Gasteiger partial charge is 0.395 e. The average Bonchev–Trinajstić information content (AvgIpc) is 2.52. The van der Waals surface area contributed by atoms with Crippen LogP contribution in [0.4, 0.5) is 5.69 Å². The molecule has 21 heavy (non-hydrogen) atoms. The number of anilines is 1.